The maximum atomic E-state index is 13.5. The third kappa shape index (κ3) is 11.7. The summed E-state index contributed by atoms with van der Waals surface area (Å²) in [4.78, 5) is 33.9. The highest BCUT2D eigenvalue weighted by Gasteiger charge is 2.54. The summed E-state index contributed by atoms with van der Waals surface area (Å²) >= 11 is 0. The second-order valence-corrected chi connectivity index (χ2v) is 28.6. The molecule has 1 saturated carbocycles. The van der Waals surface area contributed by atoms with Crippen LogP contribution >= 0.6 is 0 Å². The minimum absolute atomic E-state index is 0.139. The second-order valence-electron chi connectivity index (χ2n) is 28.6. The zero-order chi connectivity index (χ0) is 61.3. The van der Waals surface area contributed by atoms with Gasteiger partial charge in [-0.25, -0.2) is 33.7 Å². The minimum atomic E-state index is -2.63. The standard InChI is InChI=1S/C15H20N2O.2C14H20N2O.C14H18N2O.C13H16F2N2O/c1-10(2)12-3-6-16-14-13(12)18-8-11-7-15(4-5-15)9-17(11)14;2*1-10(2)11-5-7-15-13-12(11)17-9-14(3)6-4-8-16(13)14;1-9(2)12-4-5-15-14-13(12)17-8-11-6-10(3)7-16(11)14;1-8(2)10-3-4-16-12-11(10)18-6-9-5-13(14,15)7-17(9)12/h3,6,10-11H,4-5,7-9H2,1-2H3;2*5,7,10H,4,6,8-9H2,1-3H3;4-5,9,11H,3,6-8H2,1-2H3;3-4,8-9H,5-7H2,1-2H3/t;2*14-;;/m.10../s1. The van der Waals surface area contributed by atoms with Crippen LogP contribution in [0.25, 0.3) is 0 Å². The third-order valence-corrected chi connectivity index (χ3v) is 20.1. The molecule has 5 aromatic heterocycles. The molecule has 5 aromatic rings. The minimum Gasteiger partial charge on any atom is -0.487 e. The molecule has 0 radical (unpaired) electrons. The first-order chi connectivity index (χ1) is 41.6. The lowest BCUT2D eigenvalue weighted by Gasteiger charge is -2.41. The Morgan fingerprint density at radius 3 is 1.22 bits per heavy atom. The number of anilines is 5. The van der Waals surface area contributed by atoms with Crippen molar-refractivity contribution in [3.63, 3.8) is 0 Å². The van der Waals surface area contributed by atoms with Crippen molar-refractivity contribution in [1.29, 1.82) is 0 Å². The molecule has 1 spiro atoms. The van der Waals surface area contributed by atoms with Crippen LogP contribution in [0.4, 0.5) is 37.9 Å². The van der Waals surface area contributed by atoms with Crippen molar-refractivity contribution in [3.05, 3.63) is 101 Å². The number of alkyl halides is 2. The summed E-state index contributed by atoms with van der Waals surface area (Å²) in [5.74, 6) is 9.13. The van der Waals surface area contributed by atoms with Crippen LogP contribution in [0.5, 0.6) is 28.7 Å². The molecule has 10 aliphatic heterocycles. The van der Waals surface area contributed by atoms with E-state index in [4.69, 9.17) is 23.7 Å². The van der Waals surface area contributed by atoms with Gasteiger partial charge in [0.1, 0.15) is 33.0 Å². The number of pyridine rings is 5. The summed E-state index contributed by atoms with van der Waals surface area (Å²) in [6.07, 6.45) is 19.3. The van der Waals surface area contributed by atoms with Crippen LogP contribution in [0.1, 0.15) is 198 Å². The normalized spacial score (nSPS) is 25.5. The predicted molar refractivity (Wildman–Crippen MR) is 342 cm³/mol. The van der Waals surface area contributed by atoms with E-state index in [1.807, 2.05) is 30.9 Å². The van der Waals surface area contributed by atoms with E-state index in [9.17, 15) is 8.78 Å². The fourth-order valence-electron chi connectivity index (χ4n) is 15.0. The summed E-state index contributed by atoms with van der Waals surface area (Å²) in [5.41, 5.74) is 8.38. The summed E-state index contributed by atoms with van der Waals surface area (Å²) in [5, 5.41) is 0. The molecule has 0 N–H and O–H groups in total. The highest BCUT2D eigenvalue weighted by atomic mass is 19.3. The fourth-order valence-corrected chi connectivity index (χ4v) is 15.0. The van der Waals surface area contributed by atoms with Crippen LogP contribution in [0.3, 0.4) is 0 Å². The highest BCUT2D eigenvalue weighted by Crippen LogP contribution is 2.58. The molecule has 15 nitrogen and oxygen atoms in total. The van der Waals surface area contributed by atoms with Crippen molar-refractivity contribution in [3.8, 4) is 28.7 Å². The maximum absolute atomic E-state index is 13.5. The molecule has 87 heavy (non-hydrogen) atoms. The predicted octanol–water partition coefficient (Wildman–Crippen LogP) is 14.4. The Morgan fingerprint density at radius 2 is 0.816 bits per heavy atom. The first-order valence-corrected chi connectivity index (χ1v) is 32.5. The fraction of sp³-hybridized carbons (Fsp3) is 0.614. The van der Waals surface area contributed by atoms with Gasteiger partial charge in [0.2, 0.25) is 0 Å². The largest absolute Gasteiger partial charge is 0.487 e. The molecule has 468 valence electrons. The third-order valence-electron chi connectivity index (χ3n) is 20.1. The Labute approximate surface area is 515 Å². The quantitative estimate of drug-likeness (QED) is 0.155. The Morgan fingerprint density at radius 1 is 0.460 bits per heavy atom. The summed E-state index contributed by atoms with van der Waals surface area (Å²) in [6.45, 7) is 38.0. The van der Waals surface area contributed by atoms with E-state index in [2.05, 4.69) is 158 Å². The number of fused-ring (bicyclic) bond motifs is 15. The van der Waals surface area contributed by atoms with Crippen LogP contribution in [0.15, 0.2) is 73.5 Å². The molecule has 6 fully saturated rings. The van der Waals surface area contributed by atoms with Crippen molar-refractivity contribution in [1.82, 2.24) is 24.9 Å². The summed E-state index contributed by atoms with van der Waals surface area (Å²) in [7, 11) is 0. The lowest BCUT2D eigenvalue weighted by Crippen LogP contribution is -2.49. The number of halogens is 2. The monoisotopic (exact) mass is 1190 g/mol. The van der Waals surface area contributed by atoms with Gasteiger partial charge in [-0.3, -0.25) is 0 Å². The average Bonchev–Trinajstić information content (AvgIpc) is 1.77. The topological polar surface area (TPSA) is 127 Å². The zero-order valence-corrected chi connectivity index (χ0v) is 53.8. The van der Waals surface area contributed by atoms with E-state index < -0.39 is 5.92 Å². The lowest BCUT2D eigenvalue weighted by molar-refractivity contribution is 0.0210. The lowest BCUT2D eigenvalue weighted by atomic mass is 9.97. The number of hydrogen-bond donors (Lipinski definition) is 0. The van der Waals surface area contributed by atoms with Gasteiger partial charge in [0, 0.05) is 91.4 Å². The molecule has 1 aliphatic carbocycles. The first kappa shape index (κ1) is 60.6. The van der Waals surface area contributed by atoms with Gasteiger partial charge in [0.25, 0.3) is 5.92 Å². The molecule has 5 saturated heterocycles. The van der Waals surface area contributed by atoms with E-state index in [0.717, 1.165) is 104 Å². The van der Waals surface area contributed by atoms with Crippen molar-refractivity contribution < 1.29 is 32.5 Å². The molecule has 17 heteroatoms. The first-order valence-electron chi connectivity index (χ1n) is 32.5. The van der Waals surface area contributed by atoms with Gasteiger partial charge in [0.15, 0.2) is 57.8 Å². The molecular weight excluding hydrogens is 1100 g/mol. The molecule has 16 rings (SSSR count). The SMILES string of the molecule is C=C1CC2COc3c(C(C)C)ccnc3N2C1.CC(C)c1ccnc2c1OCC1CC(F)(F)CN21.CC(C)c1ccnc2c1OCC1CC3(CC3)CN21.CC(C)c1ccnc2c1OC[C@@]1(C)CCCN21.CC(C)c1ccnc2c1OC[C@]1(C)CCCN21. The highest BCUT2D eigenvalue weighted by molar-refractivity contribution is 5.65. The number of aromatic nitrogens is 5. The maximum Gasteiger partial charge on any atom is 0.267 e. The molecule has 15 heterocycles. The van der Waals surface area contributed by atoms with Gasteiger partial charge < -0.3 is 48.2 Å². The van der Waals surface area contributed by atoms with Crippen LogP contribution < -0.4 is 48.2 Å². The van der Waals surface area contributed by atoms with E-state index in [-0.39, 0.29) is 30.1 Å². The molecule has 3 unspecified atom stereocenters. The number of ether oxygens (including phenoxy) is 5. The Bertz CT molecular complexity index is 3170. The van der Waals surface area contributed by atoms with Crippen LogP contribution in [-0.2, 0) is 0 Å². The molecule has 0 aromatic carbocycles. The average molecular weight is 1190 g/mol. The van der Waals surface area contributed by atoms with E-state index in [1.54, 1.807) is 11.1 Å². The van der Waals surface area contributed by atoms with Gasteiger partial charge in [-0.15, -0.1) is 0 Å². The van der Waals surface area contributed by atoms with Crippen molar-refractivity contribution >= 4 is 29.1 Å². The number of nitrogens with zero attached hydrogens (tertiary/aromatic N) is 10. The van der Waals surface area contributed by atoms with Crippen molar-refractivity contribution in [2.45, 2.75) is 206 Å². The van der Waals surface area contributed by atoms with E-state index >= 15 is 0 Å². The molecular formula is C70H94F2N10O5. The van der Waals surface area contributed by atoms with E-state index in [0.29, 0.717) is 65.3 Å². The zero-order valence-electron chi connectivity index (χ0n) is 53.8. The van der Waals surface area contributed by atoms with Crippen LogP contribution in [-0.4, -0.2) is 126 Å². The van der Waals surface area contributed by atoms with Gasteiger partial charge in [0.05, 0.1) is 35.7 Å². The number of hydrogen-bond acceptors (Lipinski definition) is 15. The van der Waals surface area contributed by atoms with Gasteiger partial charge in [-0.1, -0.05) is 81.4 Å². The Kier molecular flexibility index (Phi) is 16.5. The van der Waals surface area contributed by atoms with Gasteiger partial charge >= 0.3 is 0 Å². The summed E-state index contributed by atoms with van der Waals surface area (Å²) in [6, 6.07) is 11.0. The van der Waals surface area contributed by atoms with Crippen LogP contribution in [0, 0.1) is 5.41 Å². The molecule has 5 atom stereocenters. The molecule has 11 aliphatic rings. The van der Waals surface area contributed by atoms with Crippen LogP contribution in [0.2, 0.25) is 0 Å². The van der Waals surface area contributed by atoms with Crippen molar-refractivity contribution in [2.24, 2.45) is 5.41 Å². The van der Waals surface area contributed by atoms with Gasteiger partial charge in [-0.2, -0.15) is 0 Å². The number of rotatable bonds is 5. The Balaban J connectivity index is 0.000000106. The van der Waals surface area contributed by atoms with Crippen molar-refractivity contribution in [2.75, 3.05) is 90.3 Å². The van der Waals surface area contributed by atoms with Gasteiger partial charge in [-0.05, 0) is 131 Å². The summed E-state index contributed by atoms with van der Waals surface area (Å²) < 4.78 is 56.7. The Hall–Kier alpha value is -6.65. The molecule has 0 amide bonds. The molecule has 0 bridgehead atoms. The smallest absolute Gasteiger partial charge is 0.267 e. The van der Waals surface area contributed by atoms with E-state index in [1.165, 1.54) is 79.3 Å². The second kappa shape index (κ2) is 23.7.